The van der Waals surface area contributed by atoms with E-state index in [1.807, 2.05) is 60.0 Å². The SMILES string of the molecule is CCC(CO)c1nc(-c2ccc3ccc(-c4ccccc4)nc3c2)c2c(N)nccn12. The van der Waals surface area contributed by atoms with Crippen molar-refractivity contribution in [2.24, 2.45) is 0 Å². The maximum Gasteiger partial charge on any atom is 0.150 e. The first-order valence-electron chi connectivity index (χ1n) is 10.4. The molecule has 3 aromatic heterocycles. The van der Waals surface area contributed by atoms with Gasteiger partial charge in [-0.15, -0.1) is 0 Å². The van der Waals surface area contributed by atoms with Crippen molar-refractivity contribution in [3.63, 3.8) is 0 Å². The molecule has 0 aliphatic heterocycles. The Bertz CT molecular complexity index is 1370. The van der Waals surface area contributed by atoms with E-state index in [1.165, 1.54) is 0 Å². The van der Waals surface area contributed by atoms with Gasteiger partial charge in [-0.25, -0.2) is 15.0 Å². The van der Waals surface area contributed by atoms with Gasteiger partial charge in [-0.1, -0.05) is 55.5 Å². The predicted octanol–water partition coefficient (Wildman–Crippen LogP) is 4.68. The second-order valence-electron chi connectivity index (χ2n) is 7.61. The first kappa shape index (κ1) is 19.2. The van der Waals surface area contributed by atoms with Gasteiger partial charge < -0.3 is 10.8 Å². The van der Waals surface area contributed by atoms with E-state index in [9.17, 15) is 5.11 Å². The van der Waals surface area contributed by atoms with E-state index in [4.69, 9.17) is 15.7 Å². The molecule has 0 bridgehead atoms. The van der Waals surface area contributed by atoms with Crippen LogP contribution in [0.1, 0.15) is 25.1 Å². The van der Waals surface area contributed by atoms with Crippen LogP contribution in [0.15, 0.2) is 73.1 Å². The minimum atomic E-state index is -0.0775. The van der Waals surface area contributed by atoms with Gasteiger partial charge in [0.1, 0.15) is 22.9 Å². The molecule has 6 heteroatoms. The molecule has 31 heavy (non-hydrogen) atoms. The van der Waals surface area contributed by atoms with E-state index in [1.54, 1.807) is 6.20 Å². The van der Waals surface area contributed by atoms with Crippen LogP contribution in [0.25, 0.3) is 38.9 Å². The molecule has 0 radical (unpaired) electrons. The number of aliphatic hydroxyl groups is 1. The number of rotatable bonds is 5. The fourth-order valence-electron chi connectivity index (χ4n) is 4.00. The van der Waals surface area contributed by atoms with E-state index in [0.29, 0.717) is 5.82 Å². The van der Waals surface area contributed by atoms with Crippen molar-refractivity contribution < 1.29 is 5.11 Å². The number of nitrogen functional groups attached to an aromatic ring is 1. The van der Waals surface area contributed by atoms with Crippen LogP contribution in [0.3, 0.4) is 0 Å². The summed E-state index contributed by atoms with van der Waals surface area (Å²) in [6.07, 6.45) is 4.29. The first-order chi connectivity index (χ1) is 15.2. The van der Waals surface area contributed by atoms with Crippen LogP contribution < -0.4 is 5.73 Å². The molecule has 1 atom stereocenters. The van der Waals surface area contributed by atoms with Gasteiger partial charge >= 0.3 is 0 Å². The third-order valence-corrected chi connectivity index (χ3v) is 5.72. The number of hydrogen-bond acceptors (Lipinski definition) is 5. The second kappa shape index (κ2) is 7.81. The lowest BCUT2D eigenvalue weighted by atomic mass is 10.1. The van der Waals surface area contributed by atoms with Crippen molar-refractivity contribution in [3.8, 4) is 22.5 Å². The number of benzene rings is 2. The Kier molecular flexibility index (Phi) is 4.84. The Morgan fingerprint density at radius 3 is 2.58 bits per heavy atom. The van der Waals surface area contributed by atoms with Crippen molar-refractivity contribution in [2.45, 2.75) is 19.3 Å². The largest absolute Gasteiger partial charge is 0.396 e. The van der Waals surface area contributed by atoms with Crippen LogP contribution >= 0.6 is 0 Å². The van der Waals surface area contributed by atoms with E-state index >= 15 is 0 Å². The third-order valence-electron chi connectivity index (χ3n) is 5.72. The molecule has 0 spiro atoms. The lowest BCUT2D eigenvalue weighted by molar-refractivity contribution is 0.257. The molecule has 6 nitrogen and oxygen atoms in total. The molecule has 5 aromatic rings. The average Bonchev–Trinajstić information content (AvgIpc) is 3.21. The predicted molar refractivity (Wildman–Crippen MR) is 124 cm³/mol. The average molecular weight is 409 g/mol. The van der Waals surface area contributed by atoms with Crippen molar-refractivity contribution in [3.05, 3.63) is 78.9 Å². The zero-order valence-corrected chi connectivity index (χ0v) is 17.2. The smallest absolute Gasteiger partial charge is 0.150 e. The van der Waals surface area contributed by atoms with E-state index in [-0.39, 0.29) is 12.5 Å². The summed E-state index contributed by atoms with van der Waals surface area (Å²) < 4.78 is 1.94. The van der Waals surface area contributed by atoms with Crippen LogP contribution in [0.4, 0.5) is 5.82 Å². The highest BCUT2D eigenvalue weighted by molar-refractivity contribution is 5.91. The van der Waals surface area contributed by atoms with Crippen LogP contribution in [0, 0.1) is 0 Å². The molecule has 154 valence electrons. The van der Waals surface area contributed by atoms with Crippen molar-refractivity contribution in [2.75, 3.05) is 12.3 Å². The van der Waals surface area contributed by atoms with Gasteiger partial charge in [0.2, 0.25) is 0 Å². The van der Waals surface area contributed by atoms with Crippen LogP contribution in [0.2, 0.25) is 0 Å². The molecule has 0 aliphatic rings. The molecular formula is C25H23N5O. The summed E-state index contributed by atoms with van der Waals surface area (Å²) >= 11 is 0. The second-order valence-corrected chi connectivity index (χ2v) is 7.61. The maximum absolute atomic E-state index is 9.86. The molecule has 3 heterocycles. The Balaban J connectivity index is 1.70. The maximum atomic E-state index is 9.86. The Hall–Kier alpha value is -3.77. The van der Waals surface area contributed by atoms with Gasteiger partial charge in [-0.3, -0.25) is 4.40 Å². The van der Waals surface area contributed by atoms with Crippen molar-refractivity contribution >= 4 is 22.2 Å². The summed E-state index contributed by atoms with van der Waals surface area (Å²) in [6.45, 7) is 2.06. The number of pyridine rings is 1. The summed E-state index contributed by atoms with van der Waals surface area (Å²) in [7, 11) is 0. The van der Waals surface area contributed by atoms with E-state index in [2.05, 4.69) is 23.2 Å². The highest BCUT2D eigenvalue weighted by Gasteiger charge is 2.21. The molecule has 5 rings (SSSR count). The molecule has 2 aromatic carbocycles. The molecular weight excluding hydrogens is 386 g/mol. The fourth-order valence-corrected chi connectivity index (χ4v) is 4.00. The topological polar surface area (TPSA) is 89.3 Å². The lowest BCUT2D eigenvalue weighted by Crippen LogP contribution is -2.08. The lowest BCUT2D eigenvalue weighted by Gasteiger charge is -2.10. The van der Waals surface area contributed by atoms with Crippen molar-refractivity contribution in [1.29, 1.82) is 0 Å². The fraction of sp³-hybridized carbons (Fsp3) is 0.160. The normalized spacial score (nSPS) is 12.5. The van der Waals surface area contributed by atoms with Gasteiger partial charge in [0.05, 0.1) is 17.8 Å². The minimum absolute atomic E-state index is 0.0248. The van der Waals surface area contributed by atoms with Crippen LogP contribution in [-0.4, -0.2) is 31.1 Å². The monoisotopic (exact) mass is 409 g/mol. The molecule has 0 saturated carbocycles. The third kappa shape index (κ3) is 3.31. The number of fused-ring (bicyclic) bond motifs is 2. The summed E-state index contributed by atoms with van der Waals surface area (Å²) in [5.41, 5.74) is 11.6. The zero-order chi connectivity index (χ0) is 21.4. The number of nitrogens with zero attached hydrogens (tertiary/aromatic N) is 4. The molecule has 1 unspecified atom stereocenters. The first-order valence-corrected chi connectivity index (χ1v) is 10.4. The summed E-state index contributed by atoms with van der Waals surface area (Å²) in [5, 5.41) is 10.9. The van der Waals surface area contributed by atoms with E-state index in [0.717, 1.165) is 51.2 Å². The van der Waals surface area contributed by atoms with Gasteiger partial charge in [0.25, 0.3) is 0 Å². The van der Waals surface area contributed by atoms with Gasteiger partial charge in [0.15, 0.2) is 0 Å². The van der Waals surface area contributed by atoms with Crippen LogP contribution in [0.5, 0.6) is 0 Å². The minimum Gasteiger partial charge on any atom is -0.396 e. The number of hydrogen-bond donors (Lipinski definition) is 2. The molecule has 0 fully saturated rings. The number of anilines is 1. The van der Waals surface area contributed by atoms with Gasteiger partial charge in [-0.2, -0.15) is 0 Å². The van der Waals surface area contributed by atoms with Gasteiger partial charge in [0, 0.05) is 34.8 Å². The van der Waals surface area contributed by atoms with E-state index < -0.39 is 0 Å². The quantitative estimate of drug-likeness (QED) is 0.440. The summed E-state index contributed by atoms with van der Waals surface area (Å²) in [6, 6.07) is 20.4. The number of nitrogens with two attached hydrogens (primary N) is 1. The number of aromatic nitrogens is 4. The summed E-state index contributed by atoms with van der Waals surface area (Å²) in [4.78, 5) is 14.1. The molecule has 0 amide bonds. The zero-order valence-electron chi connectivity index (χ0n) is 17.2. The Morgan fingerprint density at radius 2 is 1.81 bits per heavy atom. The Morgan fingerprint density at radius 1 is 1.00 bits per heavy atom. The number of aliphatic hydroxyl groups excluding tert-OH is 1. The summed E-state index contributed by atoms with van der Waals surface area (Å²) in [5.74, 6) is 1.12. The highest BCUT2D eigenvalue weighted by Crippen LogP contribution is 2.33. The Labute approximate surface area is 180 Å². The van der Waals surface area contributed by atoms with Crippen molar-refractivity contribution in [1.82, 2.24) is 19.4 Å². The van der Waals surface area contributed by atoms with Gasteiger partial charge in [-0.05, 0) is 18.6 Å². The highest BCUT2D eigenvalue weighted by atomic mass is 16.3. The molecule has 3 N–H and O–H groups in total. The standard InChI is InChI=1S/C25H23N5O/c1-2-16(15-31)25-29-22(23-24(26)27-12-13-30(23)25)19-9-8-18-10-11-20(28-21(18)14-19)17-6-4-3-5-7-17/h3-14,16,31H,2,15H2,1H3,(H2,26,27). The molecule has 0 aliphatic carbocycles. The van der Waals surface area contributed by atoms with Crippen LogP contribution in [-0.2, 0) is 0 Å². The molecule has 0 saturated heterocycles. The number of imidazole rings is 1.